The Kier molecular flexibility index (Phi) is 5.49. The lowest BCUT2D eigenvalue weighted by molar-refractivity contribution is 0.298. The highest BCUT2D eigenvalue weighted by molar-refractivity contribution is 5.53. The Balaban J connectivity index is 2.14. The molecule has 2 aromatic rings. The van der Waals surface area contributed by atoms with Crippen molar-refractivity contribution in [2.75, 3.05) is 21.3 Å². The maximum Gasteiger partial charge on any atom is 0.203 e. The van der Waals surface area contributed by atoms with E-state index in [4.69, 9.17) is 24.7 Å². The van der Waals surface area contributed by atoms with E-state index in [0.29, 0.717) is 30.4 Å². The van der Waals surface area contributed by atoms with Crippen LogP contribution in [0.5, 0.6) is 23.0 Å². The van der Waals surface area contributed by atoms with Crippen LogP contribution < -0.4 is 24.7 Å². The van der Waals surface area contributed by atoms with Crippen molar-refractivity contribution in [1.29, 1.82) is 0 Å². The van der Waals surface area contributed by atoms with Gasteiger partial charge in [0, 0.05) is 6.54 Å². The van der Waals surface area contributed by atoms with Crippen molar-refractivity contribution in [2.24, 2.45) is 5.73 Å². The first kappa shape index (κ1) is 16.0. The standard InChI is InChI=1S/C17H21NO4/c1-19-15-8-13(9-16(20-2)17(15)21-3)11-22-14-6-4-12(10-18)5-7-14/h4-9H,10-11,18H2,1-3H3. The molecule has 0 aliphatic carbocycles. The van der Waals surface area contributed by atoms with Crippen LogP contribution in [0.3, 0.4) is 0 Å². The van der Waals surface area contributed by atoms with Crippen molar-refractivity contribution in [3.8, 4) is 23.0 Å². The summed E-state index contributed by atoms with van der Waals surface area (Å²) >= 11 is 0. The molecule has 2 aromatic carbocycles. The van der Waals surface area contributed by atoms with Crippen molar-refractivity contribution in [1.82, 2.24) is 0 Å². The molecule has 5 heteroatoms. The molecule has 5 nitrogen and oxygen atoms in total. The summed E-state index contributed by atoms with van der Waals surface area (Å²) < 4.78 is 21.7. The number of hydrogen-bond donors (Lipinski definition) is 1. The van der Waals surface area contributed by atoms with Gasteiger partial charge in [-0.3, -0.25) is 0 Å². The summed E-state index contributed by atoms with van der Waals surface area (Å²) in [6.45, 7) is 0.922. The first-order chi connectivity index (χ1) is 10.7. The Morgan fingerprint density at radius 3 is 1.86 bits per heavy atom. The van der Waals surface area contributed by atoms with Crippen molar-refractivity contribution < 1.29 is 18.9 Å². The molecule has 0 saturated heterocycles. The van der Waals surface area contributed by atoms with Gasteiger partial charge in [-0.05, 0) is 35.4 Å². The molecule has 0 heterocycles. The van der Waals surface area contributed by atoms with Crippen LogP contribution in [0.1, 0.15) is 11.1 Å². The Hall–Kier alpha value is -2.40. The Bertz CT molecular complexity index is 586. The second-order valence-corrected chi connectivity index (χ2v) is 4.67. The second-order valence-electron chi connectivity index (χ2n) is 4.67. The number of rotatable bonds is 7. The third-order valence-electron chi connectivity index (χ3n) is 3.29. The van der Waals surface area contributed by atoms with E-state index in [-0.39, 0.29) is 0 Å². The zero-order chi connectivity index (χ0) is 15.9. The largest absolute Gasteiger partial charge is 0.493 e. The molecule has 22 heavy (non-hydrogen) atoms. The minimum Gasteiger partial charge on any atom is -0.493 e. The molecule has 0 amide bonds. The van der Waals surface area contributed by atoms with Gasteiger partial charge in [-0.25, -0.2) is 0 Å². The number of methoxy groups -OCH3 is 3. The van der Waals surface area contributed by atoms with Crippen LogP contribution in [0.2, 0.25) is 0 Å². The van der Waals surface area contributed by atoms with E-state index in [1.54, 1.807) is 21.3 Å². The Labute approximate surface area is 130 Å². The number of nitrogens with two attached hydrogens (primary N) is 1. The molecule has 2 N–H and O–H groups in total. The van der Waals surface area contributed by atoms with Gasteiger partial charge < -0.3 is 24.7 Å². The van der Waals surface area contributed by atoms with Gasteiger partial charge in [0.2, 0.25) is 5.75 Å². The Morgan fingerprint density at radius 2 is 1.41 bits per heavy atom. The predicted octanol–water partition coefficient (Wildman–Crippen LogP) is 2.75. The molecule has 0 fully saturated rings. The van der Waals surface area contributed by atoms with Crippen LogP contribution in [0.25, 0.3) is 0 Å². The zero-order valence-electron chi connectivity index (χ0n) is 13.1. The molecule has 2 rings (SSSR count). The quantitative estimate of drug-likeness (QED) is 0.852. The van der Waals surface area contributed by atoms with Crippen LogP contribution in [-0.2, 0) is 13.2 Å². The molecule has 0 aliphatic rings. The molecule has 0 spiro atoms. The second kappa shape index (κ2) is 7.56. The zero-order valence-corrected chi connectivity index (χ0v) is 13.1. The molecule has 0 aromatic heterocycles. The van der Waals surface area contributed by atoms with Gasteiger partial charge in [0.15, 0.2) is 11.5 Å². The highest BCUT2D eigenvalue weighted by Gasteiger charge is 2.13. The summed E-state index contributed by atoms with van der Waals surface area (Å²) in [5.41, 5.74) is 7.57. The average Bonchev–Trinajstić information content (AvgIpc) is 2.59. The summed E-state index contributed by atoms with van der Waals surface area (Å²) in [7, 11) is 4.76. The molecule has 0 radical (unpaired) electrons. The normalized spacial score (nSPS) is 10.2. The fraction of sp³-hybridized carbons (Fsp3) is 0.294. The van der Waals surface area contributed by atoms with Crippen LogP contribution in [0.4, 0.5) is 0 Å². The summed E-state index contributed by atoms with van der Waals surface area (Å²) in [6, 6.07) is 11.4. The number of ether oxygens (including phenoxy) is 4. The van der Waals surface area contributed by atoms with Gasteiger partial charge in [-0.15, -0.1) is 0 Å². The highest BCUT2D eigenvalue weighted by Crippen LogP contribution is 2.38. The van der Waals surface area contributed by atoms with Gasteiger partial charge in [-0.2, -0.15) is 0 Å². The molecule has 0 unspecified atom stereocenters. The van der Waals surface area contributed by atoms with Gasteiger partial charge in [0.25, 0.3) is 0 Å². The minimum absolute atomic E-state index is 0.401. The molecular formula is C17H21NO4. The maximum atomic E-state index is 5.77. The lowest BCUT2D eigenvalue weighted by atomic mass is 10.2. The van der Waals surface area contributed by atoms with Crippen molar-refractivity contribution >= 4 is 0 Å². The maximum absolute atomic E-state index is 5.77. The van der Waals surface area contributed by atoms with Gasteiger partial charge in [0.1, 0.15) is 12.4 Å². The molecule has 0 aliphatic heterocycles. The van der Waals surface area contributed by atoms with Gasteiger partial charge >= 0.3 is 0 Å². The summed E-state index contributed by atoms with van der Waals surface area (Å²) in [6.07, 6.45) is 0. The topological polar surface area (TPSA) is 62.9 Å². The van der Waals surface area contributed by atoms with Crippen LogP contribution in [-0.4, -0.2) is 21.3 Å². The van der Waals surface area contributed by atoms with Crippen molar-refractivity contribution in [3.63, 3.8) is 0 Å². The van der Waals surface area contributed by atoms with E-state index >= 15 is 0 Å². The molecule has 0 saturated carbocycles. The van der Waals surface area contributed by atoms with E-state index < -0.39 is 0 Å². The fourth-order valence-corrected chi connectivity index (χ4v) is 2.11. The van der Waals surface area contributed by atoms with Crippen LogP contribution >= 0.6 is 0 Å². The molecular weight excluding hydrogens is 282 g/mol. The van der Waals surface area contributed by atoms with Crippen LogP contribution in [0, 0.1) is 0 Å². The Morgan fingerprint density at radius 1 is 0.818 bits per heavy atom. The molecule has 0 atom stereocenters. The number of hydrogen-bond acceptors (Lipinski definition) is 5. The monoisotopic (exact) mass is 303 g/mol. The summed E-state index contributed by atoms with van der Waals surface area (Å²) in [4.78, 5) is 0. The average molecular weight is 303 g/mol. The molecule has 0 bridgehead atoms. The first-order valence-electron chi connectivity index (χ1n) is 6.92. The number of benzene rings is 2. The van der Waals surface area contributed by atoms with Crippen molar-refractivity contribution in [2.45, 2.75) is 13.2 Å². The van der Waals surface area contributed by atoms with E-state index in [2.05, 4.69) is 0 Å². The summed E-state index contributed by atoms with van der Waals surface area (Å²) in [5, 5.41) is 0. The predicted molar refractivity (Wildman–Crippen MR) is 84.8 cm³/mol. The van der Waals surface area contributed by atoms with Gasteiger partial charge in [-0.1, -0.05) is 12.1 Å². The SMILES string of the molecule is COc1cc(COc2ccc(CN)cc2)cc(OC)c1OC. The van der Waals surface area contributed by atoms with Crippen LogP contribution in [0.15, 0.2) is 36.4 Å². The smallest absolute Gasteiger partial charge is 0.203 e. The minimum atomic E-state index is 0.401. The van der Waals surface area contributed by atoms with Gasteiger partial charge in [0.05, 0.1) is 21.3 Å². The summed E-state index contributed by atoms with van der Waals surface area (Å²) in [5.74, 6) is 2.57. The highest BCUT2D eigenvalue weighted by atomic mass is 16.5. The fourth-order valence-electron chi connectivity index (χ4n) is 2.11. The van der Waals surface area contributed by atoms with E-state index in [0.717, 1.165) is 16.9 Å². The lowest BCUT2D eigenvalue weighted by Crippen LogP contribution is -2.00. The van der Waals surface area contributed by atoms with E-state index in [1.807, 2.05) is 36.4 Å². The molecule has 118 valence electrons. The van der Waals surface area contributed by atoms with Crippen molar-refractivity contribution in [3.05, 3.63) is 47.5 Å². The first-order valence-corrected chi connectivity index (χ1v) is 6.92. The third kappa shape index (κ3) is 3.62. The van der Waals surface area contributed by atoms with E-state index in [9.17, 15) is 0 Å². The third-order valence-corrected chi connectivity index (χ3v) is 3.29. The van der Waals surface area contributed by atoms with E-state index in [1.165, 1.54) is 0 Å². The lowest BCUT2D eigenvalue weighted by Gasteiger charge is -2.14.